The van der Waals surface area contributed by atoms with Gasteiger partial charge in [0.05, 0.1) is 28.0 Å². The van der Waals surface area contributed by atoms with E-state index in [0.29, 0.717) is 22.4 Å². The zero-order chi connectivity index (χ0) is 28.0. The van der Waals surface area contributed by atoms with Crippen LogP contribution >= 0.6 is 0 Å². The summed E-state index contributed by atoms with van der Waals surface area (Å²) in [5.74, 6) is 11.8. The molecule has 0 aliphatic rings. The van der Waals surface area contributed by atoms with Gasteiger partial charge >= 0.3 is 5.97 Å². The van der Waals surface area contributed by atoms with Crippen molar-refractivity contribution in [3.8, 4) is 46.2 Å². The fourth-order valence-corrected chi connectivity index (χ4v) is 4.34. The molecule has 5 aromatic carbocycles. The first-order chi connectivity index (χ1) is 20.1. The van der Waals surface area contributed by atoms with Gasteiger partial charge < -0.3 is 5.11 Å². The van der Waals surface area contributed by atoms with Gasteiger partial charge in [-0.05, 0) is 66.7 Å². The average molecular weight is 527 g/mol. The lowest BCUT2D eigenvalue weighted by Gasteiger charge is -2.11. The van der Waals surface area contributed by atoms with E-state index in [9.17, 15) is 9.90 Å². The summed E-state index contributed by atoms with van der Waals surface area (Å²) < 4.78 is 0. The van der Waals surface area contributed by atoms with Crippen molar-refractivity contribution < 1.29 is 9.90 Å². The number of nitrogens with zero attached hydrogens (tertiary/aromatic N) is 2. The maximum atomic E-state index is 11.6. The molecular weight excluding hydrogens is 504 g/mol. The van der Waals surface area contributed by atoms with Gasteiger partial charge in [0.1, 0.15) is 0 Å². The zero-order valence-electron chi connectivity index (χ0n) is 21.9. The number of aromatic nitrogens is 2. The summed E-state index contributed by atoms with van der Waals surface area (Å²) in [4.78, 5) is 21.4. The molecule has 0 atom stereocenters. The highest BCUT2D eigenvalue weighted by molar-refractivity contribution is 5.94. The van der Waals surface area contributed by atoms with Crippen molar-refractivity contribution in [1.29, 1.82) is 0 Å². The van der Waals surface area contributed by atoms with Crippen LogP contribution < -0.4 is 0 Å². The maximum Gasteiger partial charge on any atom is 0.335 e. The Bertz CT molecular complexity index is 1990. The number of benzene rings is 5. The van der Waals surface area contributed by atoms with Crippen LogP contribution in [0.5, 0.6) is 0 Å². The number of carboxylic acid groups (broad SMARTS) is 1. The molecular formula is C37H22N2O2. The Balaban J connectivity index is 1.40. The molecule has 0 saturated heterocycles. The van der Waals surface area contributed by atoms with E-state index in [1.807, 2.05) is 109 Å². The smallest absolute Gasteiger partial charge is 0.335 e. The predicted molar refractivity (Wildman–Crippen MR) is 162 cm³/mol. The molecule has 1 heterocycles. The monoisotopic (exact) mass is 526 g/mol. The van der Waals surface area contributed by atoms with Gasteiger partial charge in [0, 0.05) is 33.4 Å². The van der Waals surface area contributed by atoms with Gasteiger partial charge in [-0.2, -0.15) is 0 Å². The minimum Gasteiger partial charge on any atom is -0.478 e. The summed E-state index contributed by atoms with van der Waals surface area (Å²) in [6.07, 6.45) is 0. The molecule has 0 aliphatic heterocycles. The van der Waals surface area contributed by atoms with E-state index in [4.69, 9.17) is 9.97 Å². The Kier molecular flexibility index (Phi) is 7.05. The van der Waals surface area contributed by atoms with Crippen molar-refractivity contribution in [3.05, 3.63) is 155 Å². The van der Waals surface area contributed by atoms with Crippen LogP contribution in [0.25, 0.3) is 33.5 Å². The fraction of sp³-hybridized carbons (Fsp3) is 0. The third-order valence-electron chi connectivity index (χ3n) is 6.48. The molecule has 1 aromatic heterocycles. The third kappa shape index (κ3) is 5.88. The van der Waals surface area contributed by atoms with Crippen LogP contribution in [0.3, 0.4) is 0 Å². The fourth-order valence-electron chi connectivity index (χ4n) is 4.34. The molecule has 6 rings (SSSR count). The van der Waals surface area contributed by atoms with Crippen LogP contribution in [0.4, 0.5) is 0 Å². The first-order valence-corrected chi connectivity index (χ1v) is 13.0. The Morgan fingerprint density at radius 2 is 0.902 bits per heavy atom. The summed E-state index contributed by atoms with van der Waals surface area (Å²) in [7, 11) is 0. The Hall–Kier alpha value is -5.97. The van der Waals surface area contributed by atoms with E-state index in [1.54, 1.807) is 18.2 Å². The quantitative estimate of drug-likeness (QED) is 0.243. The van der Waals surface area contributed by atoms with E-state index >= 15 is 0 Å². The van der Waals surface area contributed by atoms with Crippen LogP contribution in [0.1, 0.15) is 32.6 Å². The van der Waals surface area contributed by atoms with Crippen molar-refractivity contribution in [2.45, 2.75) is 0 Å². The summed E-state index contributed by atoms with van der Waals surface area (Å²) in [5.41, 5.74) is 8.07. The first-order valence-electron chi connectivity index (χ1n) is 13.0. The molecule has 6 aromatic rings. The Morgan fingerprint density at radius 1 is 0.488 bits per heavy atom. The van der Waals surface area contributed by atoms with Crippen LogP contribution in [0.15, 0.2) is 127 Å². The topological polar surface area (TPSA) is 63.1 Å². The molecule has 0 saturated carbocycles. The van der Waals surface area contributed by atoms with Crippen LogP contribution in [-0.2, 0) is 0 Å². The number of carbonyl (C=O) groups is 1. The summed E-state index contributed by atoms with van der Waals surface area (Å²) in [6.45, 7) is 0. The highest BCUT2D eigenvalue weighted by atomic mass is 16.4. The van der Waals surface area contributed by atoms with Crippen molar-refractivity contribution in [1.82, 2.24) is 9.97 Å². The standard InChI is InChI=1S/C37H22N2O2/c40-37(41)32-23-24-33-34(25-32)39-36(31-21-17-29(18-22-31)14-12-27-9-5-2-6-10-27)35(38-33)30-19-15-28(16-20-30)13-11-26-7-3-1-4-8-26/h1-10,15-25H,(H,40,41). The second-order valence-electron chi connectivity index (χ2n) is 9.32. The normalized spacial score (nSPS) is 10.2. The predicted octanol–water partition coefficient (Wildman–Crippen LogP) is 7.46. The Morgan fingerprint density at radius 3 is 1.34 bits per heavy atom. The van der Waals surface area contributed by atoms with E-state index in [1.165, 1.54) is 0 Å². The molecule has 41 heavy (non-hydrogen) atoms. The number of carboxylic acids is 1. The molecule has 1 N–H and O–H groups in total. The number of aromatic carboxylic acids is 1. The zero-order valence-corrected chi connectivity index (χ0v) is 21.9. The van der Waals surface area contributed by atoms with Crippen LogP contribution in [-0.4, -0.2) is 21.0 Å². The molecule has 0 amide bonds. The van der Waals surface area contributed by atoms with Crippen molar-refractivity contribution >= 4 is 17.0 Å². The minimum atomic E-state index is -1.01. The minimum absolute atomic E-state index is 0.165. The first kappa shape index (κ1) is 25.3. The van der Waals surface area contributed by atoms with E-state index in [-0.39, 0.29) is 5.56 Å². The SMILES string of the molecule is O=C(O)c1ccc2nc(-c3ccc(C#Cc4ccccc4)cc3)c(-c3ccc(C#Cc4ccccc4)cc3)nc2c1. The van der Waals surface area contributed by atoms with E-state index in [0.717, 1.165) is 33.4 Å². The molecule has 0 aliphatic carbocycles. The van der Waals surface area contributed by atoms with Gasteiger partial charge in [0.2, 0.25) is 0 Å². The lowest BCUT2D eigenvalue weighted by Crippen LogP contribution is -1.99. The van der Waals surface area contributed by atoms with E-state index < -0.39 is 5.97 Å². The van der Waals surface area contributed by atoms with Gasteiger partial charge in [-0.3, -0.25) is 0 Å². The summed E-state index contributed by atoms with van der Waals surface area (Å²) in [6, 6.07) is 40.3. The van der Waals surface area contributed by atoms with Crippen molar-refractivity contribution in [2.75, 3.05) is 0 Å². The summed E-state index contributed by atoms with van der Waals surface area (Å²) in [5, 5.41) is 9.50. The van der Waals surface area contributed by atoms with Gasteiger partial charge in [0.15, 0.2) is 0 Å². The van der Waals surface area contributed by atoms with Gasteiger partial charge in [0.25, 0.3) is 0 Å². The molecule has 4 heteroatoms. The molecule has 4 nitrogen and oxygen atoms in total. The van der Waals surface area contributed by atoms with Gasteiger partial charge in [-0.15, -0.1) is 0 Å². The number of fused-ring (bicyclic) bond motifs is 1. The lowest BCUT2D eigenvalue weighted by molar-refractivity contribution is 0.0697. The molecule has 0 bridgehead atoms. The molecule has 0 unspecified atom stereocenters. The molecule has 0 spiro atoms. The van der Waals surface area contributed by atoms with Crippen molar-refractivity contribution in [3.63, 3.8) is 0 Å². The van der Waals surface area contributed by atoms with E-state index in [2.05, 4.69) is 23.7 Å². The summed E-state index contributed by atoms with van der Waals surface area (Å²) >= 11 is 0. The maximum absolute atomic E-state index is 11.6. The number of hydrogen-bond donors (Lipinski definition) is 1. The second-order valence-corrected chi connectivity index (χ2v) is 9.32. The third-order valence-corrected chi connectivity index (χ3v) is 6.48. The largest absolute Gasteiger partial charge is 0.478 e. The Labute approximate surface area is 238 Å². The number of rotatable bonds is 3. The second kappa shape index (κ2) is 11.4. The molecule has 192 valence electrons. The van der Waals surface area contributed by atoms with Gasteiger partial charge in [-0.1, -0.05) is 84.3 Å². The molecule has 0 radical (unpaired) electrons. The highest BCUT2D eigenvalue weighted by Crippen LogP contribution is 2.31. The highest BCUT2D eigenvalue weighted by Gasteiger charge is 2.15. The number of hydrogen-bond acceptors (Lipinski definition) is 3. The van der Waals surface area contributed by atoms with Gasteiger partial charge in [-0.25, -0.2) is 14.8 Å². The van der Waals surface area contributed by atoms with Crippen molar-refractivity contribution in [2.24, 2.45) is 0 Å². The van der Waals surface area contributed by atoms with Crippen LogP contribution in [0, 0.1) is 23.7 Å². The van der Waals surface area contributed by atoms with Crippen LogP contribution in [0.2, 0.25) is 0 Å². The lowest BCUT2D eigenvalue weighted by atomic mass is 10.0. The average Bonchev–Trinajstić information content (AvgIpc) is 3.03. The molecule has 0 fully saturated rings.